The Kier molecular flexibility index (Phi) is 5.46. The van der Waals surface area contributed by atoms with Crippen molar-refractivity contribution in [2.75, 3.05) is 18.4 Å². The van der Waals surface area contributed by atoms with E-state index in [1.807, 2.05) is 36.4 Å². The quantitative estimate of drug-likeness (QED) is 0.529. The number of nitrogens with one attached hydrogen (secondary N) is 4. The summed E-state index contributed by atoms with van der Waals surface area (Å²) in [5.41, 5.74) is 3.35. The van der Waals surface area contributed by atoms with Crippen LogP contribution in [0, 0.1) is 0 Å². The summed E-state index contributed by atoms with van der Waals surface area (Å²) in [6, 6.07) is 15.0. The summed E-state index contributed by atoms with van der Waals surface area (Å²) in [4.78, 5) is 41.9. The van der Waals surface area contributed by atoms with Gasteiger partial charge in [-0.2, -0.15) is 0 Å². The van der Waals surface area contributed by atoms with E-state index in [1.54, 1.807) is 12.1 Å². The highest BCUT2D eigenvalue weighted by Gasteiger charge is 2.08. The third-order valence-electron chi connectivity index (χ3n) is 3.78. The predicted molar refractivity (Wildman–Crippen MR) is 102 cm³/mol. The van der Waals surface area contributed by atoms with Gasteiger partial charge in [0.2, 0.25) is 17.7 Å². The van der Waals surface area contributed by atoms with Crippen LogP contribution in [0.5, 0.6) is 0 Å². The zero-order valence-corrected chi connectivity index (χ0v) is 14.7. The Morgan fingerprint density at radius 1 is 0.926 bits per heavy atom. The topological polar surface area (TPSA) is 116 Å². The standard InChI is InChI=1S/C19H19N5O3/c1-12(25)20-10-17(26)21-11-18(27)22-14-8-6-13(7-9-14)19-23-15-4-2-3-5-16(15)24-19/h2-9H,10-11H2,1H3,(H,20,25)(H,21,26)(H,22,27)(H,23,24). The van der Waals surface area contributed by atoms with Gasteiger partial charge in [-0.3, -0.25) is 14.4 Å². The van der Waals surface area contributed by atoms with Crippen molar-refractivity contribution in [3.8, 4) is 11.4 Å². The van der Waals surface area contributed by atoms with E-state index >= 15 is 0 Å². The second-order valence-electron chi connectivity index (χ2n) is 5.91. The Bertz CT molecular complexity index is 945. The first kappa shape index (κ1) is 18.1. The summed E-state index contributed by atoms with van der Waals surface area (Å²) in [7, 11) is 0. The summed E-state index contributed by atoms with van der Waals surface area (Å²) < 4.78 is 0. The predicted octanol–water partition coefficient (Wildman–Crippen LogP) is 1.42. The number of carbonyl (C=O) groups excluding carboxylic acids is 3. The van der Waals surface area contributed by atoms with Gasteiger partial charge in [0, 0.05) is 18.2 Å². The molecule has 0 unspecified atom stereocenters. The third kappa shape index (κ3) is 4.91. The summed E-state index contributed by atoms with van der Waals surface area (Å²) in [5, 5.41) is 7.48. The number of nitrogens with zero attached hydrogens (tertiary/aromatic N) is 1. The molecule has 8 heteroatoms. The van der Waals surface area contributed by atoms with Crippen LogP contribution < -0.4 is 16.0 Å². The Hall–Kier alpha value is -3.68. The van der Waals surface area contributed by atoms with Crippen LogP contribution >= 0.6 is 0 Å². The maximum atomic E-state index is 11.9. The van der Waals surface area contributed by atoms with Crippen LogP contribution in [0.1, 0.15) is 6.92 Å². The molecule has 0 bridgehead atoms. The van der Waals surface area contributed by atoms with Crippen LogP contribution in [0.15, 0.2) is 48.5 Å². The van der Waals surface area contributed by atoms with Crippen LogP contribution in [0.4, 0.5) is 5.69 Å². The van der Waals surface area contributed by atoms with Crippen LogP contribution in [-0.2, 0) is 14.4 Å². The second kappa shape index (κ2) is 8.13. The van der Waals surface area contributed by atoms with Gasteiger partial charge in [0.15, 0.2) is 0 Å². The monoisotopic (exact) mass is 365 g/mol. The van der Waals surface area contributed by atoms with Crippen molar-refractivity contribution >= 4 is 34.4 Å². The summed E-state index contributed by atoms with van der Waals surface area (Å²) in [6.07, 6.45) is 0. The number of aromatic amines is 1. The number of amides is 3. The fourth-order valence-electron chi connectivity index (χ4n) is 2.45. The average molecular weight is 365 g/mol. The van der Waals surface area contributed by atoms with E-state index in [9.17, 15) is 14.4 Å². The molecule has 0 saturated heterocycles. The first-order valence-corrected chi connectivity index (χ1v) is 8.37. The highest BCUT2D eigenvalue weighted by atomic mass is 16.2. The molecule has 0 atom stereocenters. The van der Waals surface area contributed by atoms with Gasteiger partial charge in [-0.25, -0.2) is 4.98 Å². The summed E-state index contributed by atoms with van der Waals surface area (Å²) in [5.74, 6) is -0.346. The molecule has 0 spiro atoms. The third-order valence-corrected chi connectivity index (χ3v) is 3.78. The van der Waals surface area contributed by atoms with Gasteiger partial charge in [-0.05, 0) is 36.4 Å². The number of aromatic nitrogens is 2. The van der Waals surface area contributed by atoms with Crippen molar-refractivity contribution in [3.05, 3.63) is 48.5 Å². The number of anilines is 1. The Labute approximate surface area is 155 Å². The highest BCUT2D eigenvalue weighted by molar-refractivity contribution is 5.95. The van der Waals surface area contributed by atoms with Crippen molar-refractivity contribution in [1.82, 2.24) is 20.6 Å². The number of imidazole rings is 1. The molecule has 138 valence electrons. The number of carbonyl (C=O) groups is 3. The molecular weight excluding hydrogens is 346 g/mol. The van der Waals surface area contributed by atoms with Crippen LogP contribution in [0.25, 0.3) is 22.4 Å². The van der Waals surface area contributed by atoms with Gasteiger partial charge < -0.3 is 20.9 Å². The van der Waals surface area contributed by atoms with E-state index in [2.05, 4.69) is 25.9 Å². The van der Waals surface area contributed by atoms with Gasteiger partial charge in [0.25, 0.3) is 0 Å². The number of benzene rings is 2. The average Bonchev–Trinajstić information content (AvgIpc) is 3.09. The fourth-order valence-corrected chi connectivity index (χ4v) is 2.45. The number of rotatable bonds is 6. The van der Waals surface area contributed by atoms with Crippen LogP contribution in [0.3, 0.4) is 0 Å². The van der Waals surface area contributed by atoms with Crippen molar-refractivity contribution < 1.29 is 14.4 Å². The normalized spacial score (nSPS) is 10.4. The number of para-hydroxylation sites is 2. The molecule has 1 heterocycles. The fraction of sp³-hybridized carbons (Fsp3) is 0.158. The second-order valence-corrected chi connectivity index (χ2v) is 5.91. The Morgan fingerprint density at radius 3 is 2.33 bits per heavy atom. The molecule has 0 aliphatic rings. The molecule has 1 aromatic heterocycles. The summed E-state index contributed by atoms with van der Waals surface area (Å²) in [6.45, 7) is 0.980. The van der Waals surface area contributed by atoms with E-state index in [4.69, 9.17) is 0 Å². The molecular formula is C19H19N5O3. The molecule has 27 heavy (non-hydrogen) atoms. The molecule has 0 fully saturated rings. The van der Waals surface area contributed by atoms with Crippen LogP contribution in [0.2, 0.25) is 0 Å². The zero-order chi connectivity index (χ0) is 19.2. The molecule has 0 aliphatic carbocycles. The molecule has 8 nitrogen and oxygen atoms in total. The lowest BCUT2D eigenvalue weighted by Gasteiger charge is -2.07. The van der Waals surface area contributed by atoms with Crippen molar-refractivity contribution in [1.29, 1.82) is 0 Å². The number of hydrogen-bond acceptors (Lipinski definition) is 4. The molecule has 0 radical (unpaired) electrons. The molecule has 2 aromatic carbocycles. The lowest BCUT2D eigenvalue weighted by Crippen LogP contribution is -2.39. The maximum absolute atomic E-state index is 11.9. The minimum absolute atomic E-state index is 0.158. The van der Waals surface area contributed by atoms with E-state index in [0.717, 1.165) is 22.4 Å². The molecule has 4 N–H and O–H groups in total. The minimum atomic E-state index is -0.430. The zero-order valence-electron chi connectivity index (χ0n) is 14.7. The van der Waals surface area contributed by atoms with Gasteiger partial charge in [0.05, 0.1) is 24.1 Å². The number of hydrogen-bond donors (Lipinski definition) is 4. The van der Waals surface area contributed by atoms with Crippen molar-refractivity contribution in [3.63, 3.8) is 0 Å². The van der Waals surface area contributed by atoms with Gasteiger partial charge in [-0.15, -0.1) is 0 Å². The number of H-pyrrole nitrogens is 1. The molecule has 3 aromatic rings. The Morgan fingerprint density at radius 2 is 1.63 bits per heavy atom. The smallest absolute Gasteiger partial charge is 0.243 e. The van der Waals surface area contributed by atoms with Gasteiger partial charge in [0.1, 0.15) is 5.82 Å². The molecule has 3 rings (SSSR count). The minimum Gasteiger partial charge on any atom is -0.347 e. The Balaban J connectivity index is 1.55. The first-order valence-electron chi connectivity index (χ1n) is 8.37. The van der Waals surface area contributed by atoms with Crippen molar-refractivity contribution in [2.45, 2.75) is 6.92 Å². The lowest BCUT2D eigenvalue weighted by atomic mass is 10.2. The van der Waals surface area contributed by atoms with Gasteiger partial charge in [-0.1, -0.05) is 12.1 Å². The van der Waals surface area contributed by atoms with Gasteiger partial charge >= 0.3 is 0 Å². The van der Waals surface area contributed by atoms with E-state index in [-0.39, 0.29) is 24.9 Å². The van der Waals surface area contributed by atoms with E-state index in [0.29, 0.717) is 5.69 Å². The highest BCUT2D eigenvalue weighted by Crippen LogP contribution is 2.21. The number of fused-ring (bicyclic) bond motifs is 1. The largest absolute Gasteiger partial charge is 0.347 e. The lowest BCUT2D eigenvalue weighted by molar-refractivity contribution is -0.126. The molecule has 3 amide bonds. The van der Waals surface area contributed by atoms with E-state index < -0.39 is 5.91 Å². The van der Waals surface area contributed by atoms with Crippen molar-refractivity contribution in [2.24, 2.45) is 0 Å². The van der Waals surface area contributed by atoms with Crippen LogP contribution in [-0.4, -0.2) is 40.8 Å². The SMILES string of the molecule is CC(=O)NCC(=O)NCC(=O)Nc1ccc(-c2nc3ccccc3[nH]2)cc1. The molecule has 0 aliphatic heterocycles. The van der Waals surface area contributed by atoms with E-state index in [1.165, 1.54) is 6.92 Å². The molecule has 0 saturated carbocycles. The first-order chi connectivity index (χ1) is 13.0. The maximum Gasteiger partial charge on any atom is 0.243 e. The summed E-state index contributed by atoms with van der Waals surface area (Å²) >= 11 is 0.